The molecule has 0 spiro atoms. The first-order chi connectivity index (χ1) is 11.7. The Bertz CT molecular complexity index is 674. The van der Waals surface area contributed by atoms with Crippen molar-refractivity contribution in [3.63, 3.8) is 0 Å². The molecule has 0 aliphatic rings. The van der Waals surface area contributed by atoms with Crippen LogP contribution in [0.2, 0.25) is 0 Å². The first-order valence-electron chi connectivity index (χ1n) is 7.56. The number of hydrogen-bond donors (Lipinski definition) is 3. The fraction of sp³-hybridized carbons (Fsp3) is 0.222. The molecule has 126 valence electrons. The number of nitrogens with one attached hydrogen (secondary N) is 2. The van der Waals surface area contributed by atoms with E-state index in [4.69, 9.17) is 5.21 Å². The molecular formula is C18H20N2O3S. The Kier molecular flexibility index (Phi) is 6.84. The smallest absolute Gasteiger partial charge is 0.256 e. The number of carbonyl (C=O) groups is 2. The Morgan fingerprint density at radius 3 is 2.25 bits per heavy atom. The van der Waals surface area contributed by atoms with Gasteiger partial charge in [-0.1, -0.05) is 42.5 Å². The van der Waals surface area contributed by atoms with Crippen LogP contribution in [0.15, 0.2) is 54.6 Å². The minimum absolute atomic E-state index is 0.182. The first-order valence-corrected chi connectivity index (χ1v) is 8.85. The molecule has 0 aliphatic heterocycles. The topological polar surface area (TPSA) is 78.4 Å². The fourth-order valence-electron chi connectivity index (χ4n) is 2.29. The average molecular weight is 344 g/mol. The summed E-state index contributed by atoms with van der Waals surface area (Å²) in [6, 6.07) is 17.3. The van der Waals surface area contributed by atoms with Crippen molar-refractivity contribution in [2.24, 2.45) is 0 Å². The van der Waals surface area contributed by atoms with Gasteiger partial charge in [0.15, 0.2) is 0 Å². The van der Waals surface area contributed by atoms with Gasteiger partial charge in [0.1, 0.15) is 0 Å². The normalized spacial score (nSPS) is 11.6. The van der Waals surface area contributed by atoms with Crippen LogP contribution in [0.25, 0.3) is 11.1 Å². The van der Waals surface area contributed by atoms with Gasteiger partial charge in [0.2, 0.25) is 0 Å². The van der Waals surface area contributed by atoms with Gasteiger partial charge in [-0.2, -0.15) is 11.8 Å². The summed E-state index contributed by atoms with van der Waals surface area (Å²) >= 11 is 1.33. The second-order valence-corrected chi connectivity index (χ2v) is 6.23. The molecule has 2 amide bonds. The number of thioether (sulfide) groups is 1. The van der Waals surface area contributed by atoms with E-state index in [-0.39, 0.29) is 5.91 Å². The maximum atomic E-state index is 12.1. The molecule has 0 heterocycles. The zero-order valence-corrected chi connectivity index (χ0v) is 14.2. The molecule has 0 fully saturated rings. The predicted octanol–water partition coefficient (Wildman–Crippen LogP) is 2.71. The van der Waals surface area contributed by atoms with Crippen molar-refractivity contribution in [3.8, 4) is 11.1 Å². The van der Waals surface area contributed by atoms with Crippen LogP contribution in [-0.4, -0.2) is 35.1 Å². The summed E-state index contributed by atoms with van der Waals surface area (Å²) in [7, 11) is 0. The third-order valence-corrected chi connectivity index (χ3v) is 4.65. The van der Waals surface area contributed by atoms with Crippen molar-refractivity contribution in [2.75, 3.05) is 12.8 Å². The molecule has 6 heteroatoms. The van der Waals surface area contributed by atoms with Crippen molar-refractivity contribution in [3.05, 3.63) is 60.2 Å². The van der Waals surface area contributed by atoms with Crippen LogP contribution in [0.3, 0.4) is 0 Å². The minimum atomic E-state index is -0.455. The van der Waals surface area contributed by atoms with E-state index >= 15 is 0 Å². The van der Waals surface area contributed by atoms with Gasteiger partial charge in [0.05, 0.1) is 5.25 Å². The van der Waals surface area contributed by atoms with Crippen LogP contribution in [0.5, 0.6) is 0 Å². The van der Waals surface area contributed by atoms with Gasteiger partial charge < -0.3 is 5.32 Å². The summed E-state index contributed by atoms with van der Waals surface area (Å²) in [6.07, 6.45) is 2.23. The van der Waals surface area contributed by atoms with E-state index in [2.05, 4.69) is 5.32 Å². The van der Waals surface area contributed by atoms with Gasteiger partial charge in [0.25, 0.3) is 11.8 Å². The van der Waals surface area contributed by atoms with Gasteiger partial charge in [0, 0.05) is 12.1 Å². The highest BCUT2D eigenvalue weighted by Gasteiger charge is 2.16. The molecular weight excluding hydrogens is 324 g/mol. The Hall–Kier alpha value is -2.31. The lowest BCUT2D eigenvalue weighted by Crippen LogP contribution is -2.34. The number of rotatable bonds is 7. The molecule has 2 rings (SSSR count). The summed E-state index contributed by atoms with van der Waals surface area (Å²) in [5.74, 6) is -0.636. The van der Waals surface area contributed by atoms with Gasteiger partial charge in [-0.05, 0) is 35.9 Å². The van der Waals surface area contributed by atoms with Crippen LogP contribution < -0.4 is 10.8 Å². The van der Waals surface area contributed by atoms with Crippen molar-refractivity contribution in [2.45, 2.75) is 11.7 Å². The molecule has 5 nitrogen and oxygen atoms in total. The van der Waals surface area contributed by atoms with Crippen molar-refractivity contribution in [1.82, 2.24) is 10.8 Å². The first kappa shape index (κ1) is 18.0. The lowest BCUT2D eigenvalue weighted by atomic mass is 10.0. The second kappa shape index (κ2) is 9.10. The predicted molar refractivity (Wildman–Crippen MR) is 96.1 cm³/mol. The number of hydroxylamine groups is 1. The number of hydrogen-bond acceptors (Lipinski definition) is 4. The molecule has 0 radical (unpaired) electrons. The molecule has 0 saturated carbocycles. The Morgan fingerprint density at radius 1 is 1.04 bits per heavy atom. The van der Waals surface area contributed by atoms with Crippen molar-refractivity contribution in [1.29, 1.82) is 0 Å². The van der Waals surface area contributed by atoms with Gasteiger partial charge in [-0.3, -0.25) is 14.8 Å². The Morgan fingerprint density at radius 2 is 1.67 bits per heavy atom. The molecule has 1 unspecified atom stereocenters. The highest BCUT2D eigenvalue weighted by molar-refractivity contribution is 7.99. The number of amides is 2. The van der Waals surface area contributed by atoms with Crippen LogP contribution in [0.1, 0.15) is 16.8 Å². The standard InChI is InChI=1S/C18H20N2O3S/c1-24-16(18(22)20-23)11-12-19-17(21)15-9-7-14(8-10-15)13-5-3-2-4-6-13/h2-10,16,23H,11-12H2,1H3,(H,19,21)(H,20,22). The largest absolute Gasteiger partial charge is 0.352 e. The van der Waals surface area contributed by atoms with Gasteiger partial charge in [-0.15, -0.1) is 0 Å². The molecule has 0 bridgehead atoms. The fourth-order valence-corrected chi connectivity index (χ4v) is 2.91. The van der Waals surface area contributed by atoms with E-state index in [0.717, 1.165) is 11.1 Å². The van der Waals surface area contributed by atoms with Crippen LogP contribution in [0, 0.1) is 0 Å². The minimum Gasteiger partial charge on any atom is -0.352 e. The average Bonchev–Trinajstić information content (AvgIpc) is 2.65. The van der Waals surface area contributed by atoms with Crippen LogP contribution in [0.4, 0.5) is 0 Å². The van der Waals surface area contributed by atoms with Crippen molar-refractivity contribution >= 4 is 23.6 Å². The SMILES string of the molecule is CSC(CCNC(=O)c1ccc(-c2ccccc2)cc1)C(=O)NO. The van der Waals surface area contributed by atoms with E-state index < -0.39 is 11.2 Å². The molecule has 3 N–H and O–H groups in total. The van der Waals surface area contributed by atoms with Crippen LogP contribution >= 0.6 is 11.8 Å². The summed E-state index contributed by atoms with van der Waals surface area (Å²) in [6.45, 7) is 0.359. The van der Waals surface area contributed by atoms with Crippen molar-refractivity contribution < 1.29 is 14.8 Å². The Labute approximate surface area is 145 Å². The van der Waals surface area contributed by atoms with E-state index in [9.17, 15) is 9.59 Å². The van der Waals surface area contributed by atoms with Crippen LogP contribution in [-0.2, 0) is 4.79 Å². The summed E-state index contributed by atoms with van der Waals surface area (Å²) in [5.41, 5.74) is 4.36. The van der Waals surface area contributed by atoms with E-state index in [0.29, 0.717) is 18.5 Å². The lowest BCUT2D eigenvalue weighted by Gasteiger charge is -2.12. The van der Waals surface area contributed by atoms with Gasteiger partial charge in [-0.25, -0.2) is 5.48 Å². The number of carbonyl (C=O) groups excluding carboxylic acids is 2. The molecule has 1 atom stereocenters. The van der Waals surface area contributed by atoms with Gasteiger partial charge >= 0.3 is 0 Å². The highest BCUT2D eigenvalue weighted by Crippen LogP contribution is 2.19. The molecule has 24 heavy (non-hydrogen) atoms. The zero-order valence-electron chi connectivity index (χ0n) is 13.4. The number of benzene rings is 2. The molecule has 2 aromatic rings. The third-order valence-electron chi connectivity index (χ3n) is 3.63. The summed E-state index contributed by atoms with van der Waals surface area (Å²) in [5, 5.41) is 11.0. The second-order valence-electron chi connectivity index (χ2n) is 5.19. The molecule has 2 aromatic carbocycles. The van der Waals surface area contributed by atoms with E-state index in [1.54, 1.807) is 23.9 Å². The Balaban J connectivity index is 1.90. The summed E-state index contributed by atoms with van der Waals surface area (Å²) < 4.78 is 0. The highest BCUT2D eigenvalue weighted by atomic mass is 32.2. The molecule has 0 aliphatic carbocycles. The summed E-state index contributed by atoms with van der Waals surface area (Å²) in [4.78, 5) is 23.5. The monoisotopic (exact) mass is 344 g/mol. The lowest BCUT2D eigenvalue weighted by molar-refractivity contribution is -0.128. The molecule has 0 aromatic heterocycles. The van der Waals surface area contributed by atoms with E-state index in [1.807, 2.05) is 42.5 Å². The van der Waals surface area contributed by atoms with E-state index in [1.165, 1.54) is 11.8 Å². The maximum Gasteiger partial charge on any atom is 0.256 e. The third kappa shape index (κ3) is 4.84. The quantitative estimate of drug-likeness (QED) is 0.533. The molecule has 0 saturated heterocycles. The maximum absolute atomic E-state index is 12.1. The zero-order chi connectivity index (χ0) is 17.4.